The Labute approximate surface area is 177 Å². The number of hydrogen-bond donors (Lipinski definition) is 0. The number of fused-ring (bicyclic) bond motifs is 2. The molecule has 5 rings (SSSR count). The number of rotatable bonds is 2. The first kappa shape index (κ1) is 18.6. The van der Waals surface area contributed by atoms with Crippen molar-refractivity contribution in [2.24, 2.45) is 0 Å². The molecule has 0 atom stereocenters. The number of amides is 1. The number of benzene rings is 2. The second-order valence-electron chi connectivity index (χ2n) is 7.29. The first-order valence-corrected chi connectivity index (χ1v) is 10.1. The van der Waals surface area contributed by atoms with Crippen LogP contribution in [0.4, 0.5) is 0 Å². The zero-order valence-corrected chi connectivity index (χ0v) is 16.8. The molecule has 1 aliphatic rings. The van der Waals surface area contributed by atoms with Gasteiger partial charge in [0.05, 0.1) is 16.5 Å². The second-order valence-corrected chi connectivity index (χ2v) is 7.73. The van der Waals surface area contributed by atoms with Gasteiger partial charge in [-0.15, -0.1) is 0 Å². The Morgan fingerprint density at radius 2 is 1.87 bits per heavy atom. The lowest BCUT2D eigenvalue weighted by Gasteiger charge is -2.27. The van der Waals surface area contributed by atoms with Crippen LogP contribution in [0, 0.1) is 0 Å². The summed E-state index contributed by atoms with van der Waals surface area (Å²) in [6.45, 7) is 1.14. The summed E-state index contributed by atoms with van der Waals surface area (Å²) in [4.78, 5) is 32.6. The van der Waals surface area contributed by atoms with Gasteiger partial charge >= 0.3 is 0 Å². The van der Waals surface area contributed by atoms with E-state index in [0.29, 0.717) is 40.2 Å². The Balaban J connectivity index is 1.53. The van der Waals surface area contributed by atoms with Crippen molar-refractivity contribution in [2.75, 3.05) is 13.1 Å². The number of pyridine rings is 1. The van der Waals surface area contributed by atoms with Crippen molar-refractivity contribution in [1.82, 2.24) is 14.3 Å². The third kappa shape index (κ3) is 3.17. The highest BCUT2D eigenvalue weighted by Gasteiger charge is 2.22. The molecule has 1 amide bonds. The molecule has 0 unspecified atom stereocenters. The highest BCUT2D eigenvalue weighted by atomic mass is 35.5. The van der Waals surface area contributed by atoms with Gasteiger partial charge in [0.15, 0.2) is 5.65 Å². The molecule has 0 saturated carbocycles. The van der Waals surface area contributed by atoms with E-state index in [2.05, 4.69) is 23.2 Å². The molecule has 6 heteroatoms. The van der Waals surface area contributed by atoms with E-state index in [0.717, 1.165) is 6.42 Å². The molecule has 0 bridgehead atoms. The number of nitrogens with zero attached hydrogens (tertiary/aromatic N) is 3. The van der Waals surface area contributed by atoms with E-state index in [9.17, 15) is 9.59 Å². The van der Waals surface area contributed by atoms with Gasteiger partial charge in [-0.2, -0.15) is 0 Å². The molecule has 0 N–H and O–H groups in total. The second kappa shape index (κ2) is 7.43. The summed E-state index contributed by atoms with van der Waals surface area (Å²) in [6, 6.07) is 18.6. The monoisotopic (exact) mass is 415 g/mol. The Morgan fingerprint density at radius 1 is 1.03 bits per heavy atom. The summed E-state index contributed by atoms with van der Waals surface area (Å²) >= 11 is 6.04. The van der Waals surface area contributed by atoms with Crippen LogP contribution in [0.2, 0.25) is 5.02 Å². The first-order chi connectivity index (χ1) is 14.6. The smallest absolute Gasteiger partial charge is 0.265 e. The lowest BCUT2D eigenvalue weighted by Crippen LogP contribution is -2.35. The molecule has 0 aliphatic carbocycles. The largest absolute Gasteiger partial charge is 0.334 e. The normalized spacial score (nSPS) is 14.2. The maximum atomic E-state index is 13.3. The average molecular weight is 416 g/mol. The lowest BCUT2D eigenvalue weighted by molar-refractivity contribution is 0.0774. The van der Waals surface area contributed by atoms with Gasteiger partial charge in [0.2, 0.25) is 0 Å². The van der Waals surface area contributed by atoms with Gasteiger partial charge in [-0.25, -0.2) is 4.98 Å². The van der Waals surface area contributed by atoms with Gasteiger partial charge in [-0.3, -0.25) is 14.0 Å². The summed E-state index contributed by atoms with van der Waals surface area (Å²) in [5.74, 6) is -0.128. The highest BCUT2D eigenvalue weighted by molar-refractivity contribution is 6.31. The summed E-state index contributed by atoms with van der Waals surface area (Å²) in [5.41, 5.74) is 3.50. The van der Waals surface area contributed by atoms with Crippen molar-refractivity contribution in [1.29, 1.82) is 0 Å². The number of carbonyl (C=O) groups excluding carboxylic acids is 1. The summed E-state index contributed by atoms with van der Waals surface area (Å²) in [5, 5.41) is 0.904. The molecule has 0 saturated heterocycles. The molecule has 3 heterocycles. The molecule has 0 radical (unpaired) electrons. The molecule has 0 spiro atoms. The number of carbonyl (C=O) groups is 1. The van der Waals surface area contributed by atoms with Gasteiger partial charge in [0.1, 0.15) is 0 Å². The zero-order chi connectivity index (χ0) is 20.7. The molecule has 30 heavy (non-hydrogen) atoms. The maximum Gasteiger partial charge on any atom is 0.265 e. The van der Waals surface area contributed by atoms with E-state index in [1.165, 1.54) is 15.5 Å². The lowest BCUT2D eigenvalue weighted by atomic mass is 9.99. The molecule has 2 aromatic heterocycles. The van der Waals surface area contributed by atoms with Crippen LogP contribution in [-0.2, 0) is 0 Å². The summed E-state index contributed by atoms with van der Waals surface area (Å²) in [7, 11) is 0. The quantitative estimate of drug-likeness (QED) is 0.455. The van der Waals surface area contributed by atoms with Crippen LogP contribution in [0.5, 0.6) is 0 Å². The SMILES string of the molecule is O=C(c1cccn2c(=O)c3cc(Cl)ccc3nc12)N1CC=C(c2ccccc2)CC1. The van der Waals surface area contributed by atoms with Crippen molar-refractivity contribution < 1.29 is 4.79 Å². The Kier molecular flexibility index (Phi) is 4.60. The molecule has 1 aliphatic heterocycles. The maximum absolute atomic E-state index is 13.3. The van der Waals surface area contributed by atoms with E-state index in [-0.39, 0.29) is 11.5 Å². The van der Waals surface area contributed by atoms with Crippen molar-refractivity contribution in [3.05, 3.63) is 99.4 Å². The van der Waals surface area contributed by atoms with Gasteiger partial charge < -0.3 is 4.90 Å². The van der Waals surface area contributed by atoms with Crippen LogP contribution in [0.25, 0.3) is 22.1 Å². The molecule has 148 valence electrons. The first-order valence-electron chi connectivity index (χ1n) is 9.76. The minimum absolute atomic E-state index is 0.128. The third-order valence-corrected chi connectivity index (χ3v) is 5.71. The van der Waals surface area contributed by atoms with Gasteiger partial charge in [-0.05, 0) is 47.9 Å². The van der Waals surface area contributed by atoms with Crippen LogP contribution in [-0.4, -0.2) is 33.3 Å². The molecule has 2 aromatic carbocycles. The molecule has 5 nitrogen and oxygen atoms in total. The topological polar surface area (TPSA) is 54.7 Å². The van der Waals surface area contributed by atoms with Gasteiger partial charge in [0, 0.05) is 24.3 Å². The van der Waals surface area contributed by atoms with Crippen molar-refractivity contribution in [3.63, 3.8) is 0 Å². The minimum atomic E-state index is -0.239. The van der Waals surface area contributed by atoms with Crippen LogP contribution in [0.15, 0.2) is 77.7 Å². The van der Waals surface area contributed by atoms with Crippen LogP contribution in [0.1, 0.15) is 22.3 Å². The number of hydrogen-bond acceptors (Lipinski definition) is 3. The fraction of sp³-hybridized carbons (Fsp3) is 0.125. The predicted octanol–water partition coefficient (Wildman–Crippen LogP) is 4.43. The van der Waals surface area contributed by atoms with E-state index in [4.69, 9.17) is 11.6 Å². The van der Waals surface area contributed by atoms with E-state index >= 15 is 0 Å². The fourth-order valence-electron chi connectivity index (χ4n) is 3.90. The Bertz CT molecular complexity index is 1380. The number of halogens is 1. The molecular formula is C24H18ClN3O2. The van der Waals surface area contributed by atoms with Crippen LogP contribution >= 0.6 is 11.6 Å². The zero-order valence-electron chi connectivity index (χ0n) is 16.1. The van der Waals surface area contributed by atoms with Crippen molar-refractivity contribution in [2.45, 2.75) is 6.42 Å². The third-order valence-electron chi connectivity index (χ3n) is 5.47. The molecule has 4 aromatic rings. The summed E-state index contributed by atoms with van der Waals surface area (Å²) in [6.07, 6.45) is 4.51. The van der Waals surface area contributed by atoms with Crippen molar-refractivity contribution >= 4 is 39.6 Å². The van der Waals surface area contributed by atoms with Crippen LogP contribution in [0.3, 0.4) is 0 Å². The Hall–Kier alpha value is -3.44. The average Bonchev–Trinajstić information content (AvgIpc) is 2.80. The Morgan fingerprint density at radius 3 is 2.63 bits per heavy atom. The van der Waals surface area contributed by atoms with E-state index in [1.54, 1.807) is 41.4 Å². The van der Waals surface area contributed by atoms with Gasteiger partial charge in [-0.1, -0.05) is 48.0 Å². The summed E-state index contributed by atoms with van der Waals surface area (Å²) < 4.78 is 1.42. The predicted molar refractivity (Wildman–Crippen MR) is 119 cm³/mol. The van der Waals surface area contributed by atoms with Crippen LogP contribution < -0.4 is 5.56 Å². The van der Waals surface area contributed by atoms with Crippen molar-refractivity contribution in [3.8, 4) is 0 Å². The van der Waals surface area contributed by atoms with E-state index < -0.39 is 0 Å². The standard InChI is InChI=1S/C24H18ClN3O2/c25-18-8-9-21-20(15-18)24(30)28-12-4-7-19(22(28)26-21)23(29)27-13-10-17(11-14-27)16-5-2-1-3-6-16/h1-10,12,15H,11,13-14H2. The molecular weight excluding hydrogens is 398 g/mol. The number of aromatic nitrogens is 2. The minimum Gasteiger partial charge on any atom is -0.334 e. The molecule has 0 fully saturated rings. The van der Waals surface area contributed by atoms with E-state index in [1.807, 2.05) is 18.2 Å². The highest BCUT2D eigenvalue weighted by Crippen LogP contribution is 2.24. The fourth-order valence-corrected chi connectivity index (χ4v) is 4.08. The van der Waals surface area contributed by atoms with Gasteiger partial charge in [0.25, 0.3) is 11.5 Å².